The number of ether oxygens (including phenoxy) is 1. The Hall–Kier alpha value is -2.04. The smallest absolute Gasteiger partial charge is 0.258 e. The maximum Gasteiger partial charge on any atom is 0.258 e. The molecule has 26 heavy (non-hydrogen) atoms. The third kappa shape index (κ3) is 5.48. The van der Waals surface area contributed by atoms with Crippen LogP contribution in [0.15, 0.2) is 42.5 Å². The zero-order valence-electron chi connectivity index (χ0n) is 15.2. The molecule has 0 unspecified atom stereocenters. The van der Waals surface area contributed by atoms with E-state index in [1.165, 1.54) is 31.5 Å². The van der Waals surface area contributed by atoms with E-state index < -0.39 is 0 Å². The quantitative estimate of drug-likeness (QED) is 0.783. The van der Waals surface area contributed by atoms with E-state index in [2.05, 4.69) is 29.6 Å². The fourth-order valence-electron chi connectivity index (χ4n) is 3.29. The molecular weight excluding hydrogens is 348 g/mol. The summed E-state index contributed by atoms with van der Waals surface area (Å²) in [5.74, 6) is 0.545. The lowest BCUT2D eigenvalue weighted by Crippen LogP contribution is -3.08. The molecule has 1 fully saturated rings. The van der Waals surface area contributed by atoms with Crippen LogP contribution in [0.25, 0.3) is 0 Å². The van der Waals surface area contributed by atoms with Crippen LogP contribution in [-0.2, 0) is 17.9 Å². The second-order valence-electron chi connectivity index (χ2n) is 6.93. The minimum atomic E-state index is -0.134. The largest absolute Gasteiger partial charge is 0.484 e. The van der Waals surface area contributed by atoms with E-state index in [-0.39, 0.29) is 12.5 Å². The van der Waals surface area contributed by atoms with Gasteiger partial charge in [0.05, 0.1) is 13.1 Å². The molecule has 1 heterocycles. The molecule has 1 aliphatic rings. The predicted molar refractivity (Wildman–Crippen MR) is 104 cm³/mol. The summed E-state index contributed by atoms with van der Waals surface area (Å²) >= 11 is 5.92. The van der Waals surface area contributed by atoms with Crippen LogP contribution in [0.4, 0.5) is 0 Å². The van der Waals surface area contributed by atoms with E-state index in [9.17, 15) is 4.79 Å². The van der Waals surface area contributed by atoms with E-state index >= 15 is 0 Å². The lowest BCUT2D eigenvalue weighted by molar-refractivity contribution is -0.901. The van der Waals surface area contributed by atoms with Gasteiger partial charge in [-0.15, -0.1) is 0 Å². The number of benzene rings is 2. The topological polar surface area (TPSA) is 42.8 Å². The molecular formula is C21H26ClN2O2+. The van der Waals surface area contributed by atoms with Gasteiger partial charge in [0.1, 0.15) is 12.3 Å². The van der Waals surface area contributed by atoms with Crippen molar-refractivity contribution in [1.29, 1.82) is 0 Å². The predicted octanol–water partition coefficient (Wildman–Crippen LogP) is 2.52. The molecule has 0 spiro atoms. The average Bonchev–Trinajstić information content (AvgIpc) is 3.13. The van der Waals surface area contributed by atoms with Crippen LogP contribution in [0.1, 0.15) is 29.5 Å². The molecule has 0 aromatic heterocycles. The second kappa shape index (κ2) is 9.06. The number of amides is 1. The fourth-order valence-corrected chi connectivity index (χ4v) is 3.51. The highest BCUT2D eigenvalue weighted by Gasteiger charge is 2.15. The molecule has 0 bridgehead atoms. The molecule has 2 aromatic carbocycles. The van der Waals surface area contributed by atoms with Gasteiger partial charge in [0.2, 0.25) is 0 Å². The number of rotatable bonds is 7. The van der Waals surface area contributed by atoms with Crippen molar-refractivity contribution in [3.8, 4) is 5.75 Å². The molecule has 2 N–H and O–H groups in total. The van der Waals surface area contributed by atoms with Crippen LogP contribution in [-0.4, -0.2) is 25.6 Å². The summed E-state index contributed by atoms with van der Waals surface area (Å²) in [5.41, 5.74) is 3.38. The minimum absolute atomic E-state index is 0.00112. The molecule has 1 saturated heterocycles. The summed E-state index contributed by atoms with van der Waals surface area (Å²) in [6, 6.07) is 13.9. The van der Waals surface area contributed by atoms with Crippen molar-refractivity contribution < 1.29 is 14.4 Å². The highest BCUT2D eigenvalue weighted by atomic mass is 35.5. The highest BCUT2D eigenvalue weighted by Crippen LogP contribution is 2.21. The van der Waals surface area contributed by atoms with Crippen LogP contribution in [0.2, 0.25) is 5.02 Å². The van der Waals surface area contributed by atoms with E-state index in [0.717, 1.165) is 17.7 Å². The first-order chi connectivity index (χ1) is 12.6. The van der Waals surface area contributed by atoms with E-state index in [4.69, 9.17) is 16.3 Å². The first-order valence-electron chi connectivity index (χ1n) is 9.17. The van der Waals surface area contributed by atoms with Crippen LogP contribution in [0.5, 0.6) is 5.75 Å². The van der Waals surface area contributed by atoms with Crippen molar-refractivity contribution in [2.75, 3.05) is 19.7 Å². The number of aryl methyl sites for hydroxylation is 1. The van der Waals surface area contributed by atoms with Gasteiger partial charge >= 0.3 is 0 Å². The van der Waals surface area contributed by atoms with Gasteiger partial charge in [0, 0.05) is 30.0 Å². The molecule has 5 heteroatoms. The Morgan fingerprint density at radius 2 is 1.81 bits per heavy atom. The number of hydrogen-bond donors (Lipinski definition) is 2. The normalized spacial score (nSPS) is 14.4. The minimum Gasteiger partial charge on any atom is -0.484 e. The van der Waals surface area contributed by atoms with Crippen LogP contribution < -0.4 is 15.0 Å². The Balaban J connectivity index is 1.42. The highest BCUT2D eigenvalue weighted by molar-refractivity contribution is 6.30. The molecule has 0 aliphatic carbocycles. The number of quaternary nitrogens is 1. The number of halogens is 1. The molecule has 0 radical (unpaired) electrons. The summed E-state index contributed by atoms with van der Waals surface area (Å²) in [7, 11) is 0. The maximum atomic E-state index is 12.0. The van der Waals surface area contributed by atoms with Gasteiger partial charge in [0.25, 0.3) is 5.91 Å². The standard InChI is InChI=1S/C21H25ClN2O2/c1-16-12-19(22)8-9-20(16)26-15-21(25)23-13-17-4-6-18(7-5-17)14-24-10-2-3-11-24/h4-9,12H,2-3,10-11,13-15H2,1H3,(H,23,25)/p+1. The van der Waals surface area contributed by atoms with Crippen LogP contribution >= 0.6 is 11.6 Å². The molecule has 3 rings (SSSR count). The molecule has 2 aromatic rings. The van der Waals surface area contributed by atoms with E-state index in [1.54, 1.807) is 17.0 Å². The molecule has 138 valence electrons. The zero-order chi connectivity index (χ0) is 18.4. The van der Waals surface area contributed by atoms with Crippen molar-refractivity contribution in [2.45, 2.75) is 32.9 Å². The summed E-state index contributed by atoms with van der Waals surface area (Å²) in [5, 5.41) is 3.56. The van der Waals surface area contributed by atoms with Gasteiger partial charge in [-0.2, -0.15) is 0 Å². The van der Waals surface area contributed by atoms with Crippen molar-refractivity contribution in [3.63, 3.8) is 0 Å². The van der Waals surface area contributed by atoms with Crippen molar-refractivity contribution in [2.24, 2.45) is 0 Å². The van der Waals surface area contributed by atoms with Gasteiger partial charge in [-0.1, -0.05) is 35.9 Å². The fraction of sp³-hybridized carbons (Fsp3) is 0.381. The third-order valence-electron chi connectivity index (χ3n) is 4.77. The van der Waals surface area contributed by atoms with Crippen LogP contribution in [0, 0.1) is 6.92 Å². The lowest BCUT2D eigenvalue weighted by Gasteiger charge is -2.12. The first-order valence-corrected chi connectivity index (χ1v) is 9.55. The van der Waals surface area contributed by atoms with Crippen molar-refractivity contribution in [1.82, 2.24) is 5.32 Å². The monoisotopic (exact) mass is 373 g/mol. The summed E-state index contributed by atoms with van der Waals surface area (Å²) in [6.45, 7) is 6.08. The molecule has 4 nitrogen and oxygen atoms in total. The van der Waals surface area contributed by atoms with Gasteiger partial charge in [0.15, 0.2) is 6.61 Å². The Bertz CT molecular complexity index is 740. The number of nitrogens with one attached hydrogen (secondary N) is 2. The van der Waals surface area contributed by atoms with Gasteiger partial charge in [-0.3, -0.25) is 4.79 Å². The van der Waals surface area contributed by atoms with Crippen molar-refractivity contribution in [3.05, 3.63) is 64.2 Å². The average molecular weight is 374 g/mol. The zero-order valence-corrected chi connectivity index (χ0v) is 15.9. The lowest BCUT2D eigenvalue weighted by atomic mass is 10.1. The van der Waals surface area contributed by atoms with Crippen LogP contribution in [0.3, 0.4) is 0 Å². The third-order valence-corrected chi connectivity index (χ3v) is 5.01. The summed E-state index contributed by atoms with van der Waals surface area (Å²) in [4.78, 5) is 13.7. The Morgan fingerprint density at radius 3 is 2.50 bits per heavy atom. The van der Waals surface area contributed by atoms with E-state index in [0.29, 0.717) is 17.3 Å². The Morgan fingerprint density at radius 1 is 1.12 bits per heavy atom. The molecule has 1 amide bonds. The molecule has 0 atom stereocenters. The number of carbonyl (C=O) groups is 1. The first kappa shape index (κ1) is 18.7. The van der Waals surface area contributed by atoms with Crippen molar-refractivity contribution >= 4 is 17.5 Å². The molecule has 0 saturated carbocycles. The summed E-state index contributed by atoms with van der Waals surface area (Å²) in [6.07, 6.45) is 2.69. The van der Waals surface area contributed by atoms with E-state index in [1.807, 2.05) is 13.0 Å². The Labute approximate surface area is 160 Å². The Kier molecular flexibility index (Phi) is 6.53. The number of carbonyl (C=O) groups excluding carboxylic acids is 1. The molecule has 1 aliphatic heterocycles. The second-order valence-corrected chi connectivity index (χ2v) is 7.36. The maximum absolute atomic E-state index is 12.0. The SMILES string of the molecule is Cc1cc(Cl)ccc1OCC(=O)NCc1ccc(C[NH+]2CCCC2)cc1. The number of hydrogen-bond acceptors (Lipinski definition) is 2. The van der Waals surface area contributed by atoms with Gasteiger partial charge in [-0.05, 0) is 36.2 Å². The van der Waals surface area contributed by atoms with Gasteiger partial charge in [-0.25, -0.2) is 0 Å². The van der Waals surface area contributed by atoms with Gasteiger partial charge < -0.3 is 15.0 Å². The summed E-state index contributed by atoms with van der Waals surface area (Å²) < 4.78 is 5.56. The number of likely N-dealkylation sites (tertiary alicyclic amines) is 1.